The Morgan fingerprint density at radius 1 is 1.03 bits per heavy atom. The zero-order chi connectivity index (χ0) is 22.2. The van der Waals surface area contributed by atoms with Crippen LogP contribution in [0.1, 0.15) is 15.9 Å². The van der Waals surface area contributed by atoms with Crippen molar-refractivity contribution in [1.82, 2.24) is 15.3 Å². The van der Waals surface area contributed by atoms with Crippen LogP contribution >= 0.6 is 11.8 Å². The average molecular weight is 449 g/mol. The Balaban J connectivity index is 1.27. The molecule has 3 amide bonds. The summed E-state index contributed by atoms with van der Waals surface area (Å²) in [5.41, 5.74) is 2.11. The van der Waals surface area contributed by atoms with Crippen molar-refractivity contribution in [3.8, 4) is 0 Å². The topological polar surface area (TPSA) is 96.0 Å². The maximum Gasteiger partial charge on any atom is 0.379 e. The SMILES string of the molecule is O=C(Cc1ccccc1)N[C@@H]1C(=O)N2C3=C(CS[C@H]12)CN(C(=O)c1ccccc1)OC3=O. The van der Waals surface area contributed by atoms with Crippen LogP contribution in [0.25, 0.3) is 0 Å². The molecular weight excluding hydrogens is 430 g/mol. The number of carbonyl (C=O) groups is 4. The molecule has 8 nitrogen and oxygen atoms in total. The van der Waals surface area contributed by atoms with E-state index >= 15 is 0 Å². The minimum atomic E-state index is -0.733. The molecule has 0 aromatic heterocycles. The van der Waals surface area contributed by atoms with E-state index in [9.17, 15) is 19.2 Å². The summed E-state index contributed by atoms with van der Waals surface area (Å²) < 4.78 is 0. The molecule has 0 spiro atoms. The van der Waals surface area contributed by atoms with E-state index in [0.717, 1.165) is 10.6 Å². The van der Waals surface area contributed by atoms with E-state index in [1.807, 2.05) is 30.3 Å². The van der Waals surface area contributed by atoms with Crippen LogP contribution < -0.4 is 5.32 Å². The Bertz CT molecular complexity index is 1130. The Kier molecular flexibility index (Phi) is 5.18. The maximum absolute atomic E-state index is 12.8. The van der Waals surface area contributed by atoms with Gasteiger partial charge in [-0.2, -0.15) is 5.06 Å². The largest absolute Gasteiger partial charge is 0.379 e. The number of benzene rings is 2. The molecule has 1 N–H and O–H groups in total. The summed E-state index contributed by atoms with van der Waals surface area (Å²) in [5, 5.41) is 3.44. The first-order valence-corrected chi connectivity index (χ1v) is 11.2. The summed E-state index contributed by atoms with van der Waals surface area (Å²) in [6.07, 6.45) is 0.175. The fraction of sp³-hybridized carbons (Fsp3) is 0.217. The predicted octanol–water partition coefficient (Wildman–Crippen LogP) is 1.50. The minimum Gasteiger partial charge on any atom is -0.341 e. The van der Waals surface area contributed by atoms with Gasteiger partial charge >= 0.3 is 5.97 Å². The van der Waals surface area contributed by atoms with Crippen LogP contribution in [-0.4, -0.2) is 57.4 Å². The number of carbonyl (C=O) groups excluding carboxylic acids is 4. The van der Waals surface area contributed by atoms with Crippen molar-refractivity contribution in [2.45, 2.75) is 17.8 Å². The summed E-state index contributed by atoms with van der Waals surface area (Å²) in [6, 6.07) is 17.1. The molecule has 2 atom stereocenters. The van der Waals surface area contributed by atoms with Gasteiger partial charge in [0.1, 0.15) is 17.1 Å². The van der Waals surface area contributed by atoms with Crippen molar-refractivity contribution in [3.63, 3.8) is 0 Å². The van der Waals surface area contributed by atoms with E-state index in [2.05, 4.69) is 5.32 Å². The summed E-state index contributed by atoms with van der Waals surface area (Å²) in [6.45, 7) is 0.101. The Morgan fingerprint density at radius 2 is 1.72 bits per heavy atom. The molecule has 0 bridgehead atoms. The van der Waals surface area contributed by atoms with Crippen molar-refractivity contribution >= 4 is 35.5 Å². The van der Waals surface area contributed by atoms with Gasteiger partial charge in [-0.15, -0.1) is 11.8 Å². The Labute approximate surface area is 188 Å². The van der Waals surface area contributed by atoms with Gasteiger partial charge in [-0.3, -0.25) is 19.3 Å². The first kappa shape index (κ1) is 20.3. The third kappa shape index (κ3) is 3.54. The lowest BCUT2D eigenvalue weighted by Gasteiger charge is -2.51. The fourth-order valence-electron chi connectivity index (χ4n) is 3.99. The molecule has 32 heavy (non-hydrogen) atoms. The van der Waals surface area contributed by atoms with Crippen molar-refractivity contribution in [2.75, 3.05) is 12.3 Å². The van der Waals surface area contributed by atoms with Crippen LogP contribution in [0.15, 0.2) is 71.9 Å². The first-order chi connectivity index (χ1) is 15.5. The highest BCUT2D eigenvalue weighted by Crippen LogP contribution is 2.42. The molecule has 0 unspecified atom stereocenters. The lowest BCUT2D eigenvalue weighted by molar-refractivity contribution is -0.180. The van der Waals surface area contributed by atoms with Gasteiger partial charge in [0.05, 0.1) is 13.0 Å². The number of hydrogen-bond donors (Lipinski definition) is 1. The van der Waals surface area contributed by atoms with Gasteiger partial charge in [0.15, 0.2) is 0 Å². The number of hydroxylamine groups is 2. The van der Waals surface area contributed by atoms with Crippen LogP contribution in [0.5, 0.6) is 0 Å². The van der Waals surface area contributed by atoms with Crippen LogP contribution in [0, 0.1) is 0 Å². The molecule has 3 heterocycles. The lowest BCUT2D eigenvalue weighted by Crippen LogP contribution is -2.71. The molecule has 5 rings (SSSR count). The number of fused-ring (bicyclic) bond motifs is 2. The number of hydrogen-bond acceptors (Lipinski definition) is 6. The number of nitrogens with zero attached hydrogens (tertiary/aromatic N) is 2. The number of amides is 3. The van der Waals surface area contributed by atoms with E-state index in [4.69, 9.17) is 4.84 Å². The number of β-lactam (4-membered cyclic amide) rings is 1. The summed E-state index contributed by atoms with van der Waals surface area (Å²) in [7, 11) is 0. The zero-order valence-corrected chi connectivity index (χ0v) is 17.7. The molecule has 162 valence electrons. The monoisotopic (exact) mass is 449 g/mol. The van der Waals surface area contributed by atoms with Crippen LogP contribution in [0.3, 0.4) is 0 Å². The molecule has 0 saturated carbocycles. The Hall–Kier alpha value is -3.59. The minimum absolute atomic E-state index is 0.101. The molecule has 3 aliphatic rings. The molecule has 3 aliphatic heterocycles. The molecule has 9 heteroatoms. The molecule has 0 radical (unpaired) electrons. The highest BCUT2D eigenvalue weighted by Gasteiger charge is 2.55. The van der Waals surface area contributed by atoms with Gasteiger partial charge in [-0.05, 0) is 23.3 Å². The Morgan fingerprint density at radius 3 is 2.44 bits per heavy atom. The normalized spacial score (nSPS) is 21.9. The molecule has 1 fully saturated rings. The molecular formula is C23H19N3O5S. The van der Waals surface area contributed by atoms with Crippen molar-refractivity contribution in [3.05, 3.63) is 83.1 Å². The van der Waals surface area contributed by atoms with Crippen LogP contribution in [-0.2, 0) is 25.6 Å². The summed E-state index contributed by atoms with van der Waals surface area (Å²) in [4.78, 5) is 57.2. The quantitative estimate of drug-likeness (QED) is 0.711. The zero-order valence-electron chi connectivity index (χ0n) is 16.9. The summed E-state index contributed by atoms with van der Waals surface area (Å²) in [5.74, 6) is -1.29. The standard InChI is InChI=1S/C23H19N3O5S/c27-17(11-14-7-3-1-4-8-14)24-18-21(29)26-19-16(13-32-22(18)26)12-25(31-23(19)30)20(28)15-9-5-2-6-10-15/h1-10,18,22H,11-13H2,(H,24,27)/t18-,22-/m1/s1. The molecule has 2 aromatic rings. The van der Waals surface area contributed by atoms with Gasteiger partial charge in [0.25, 0.3) is 11.8 Å². The second-order valence-electron chi connectivity index (χ2n) is 7.66. The molecule has 0 aliphatic carbocycles. The van der Waals surface area contributed by atoms with Crippen LogP contribution in [0.4, 0.5) is 0 Å². The van der Waals surface area contributed by atoms with E-state index in [0.29, 0.717) is 16.9 Å². The molecule has 2 aromatic carbocycles. The number of thioether (sulfide) groups is 1. The smallest absolute Gasteiger partial charge is 0.341 e. The number of nitrogens with one attached hydrogen (secondary N) is 1. The first-order valence-electron chi connectivity index (χ1n) is 10.1. The van der Waals surface area contributed by atoms with E-state index in [-0.39, 0.29) is 35.9 Å². The van der Waals surface area contributed by atoms with Gasteiger partial charge in [-0.25, -0.2) is 4.79 Å². The van der Waals surface area contributed by atoms with E-state index in [1.54, 1.807) is 30.3 Å². The third-order valence-corrected chi connectivity index (χ3v) is 6.88. The second kappa shape index (κ2) is 8.16. The maximum atomic E-state index is 12.8. The van der Waals surface area contributed by atoms with E-state index in [1.165, 1.54) is 16.7 Å². The highest BCUT2D eigenvalue weighted by atomic mass is 32.2. The van der Waals surface area contributed by atoms with Crippen molar-refractivity contribution in [1.29, 1.82) is 0 Å². The van der Waals surface area contributed by atoms with Crippen molar-refractivity contribution < 1.29 is 24.0 Å². The van der Waals surface area contributed by atoms with Gasteiger partial charge in [-0.1, -0.05) is 48.5 Å². The van der Waals surface area contributed by atoms with Crippen molar-refractivity contribution in [2.24, 2.45) is 0 Å². The lowest BCUT2D eigenvalue weighted by atomic mass is 10.0. The highest BCUT2D eigenvalue weighted by molar-refractivity contribution is 8.00. The summed E-state index contributed by atoms with van der Waals surface area (Å²) >= 11 is 1.46. The second-order valence-corrected chi connectivity index (χ2v) is 8.76. The van der Waals surface area contributed by atoms with E-state index < -0.39 is 17.9 Å². The fourth-order valence-corrected chi connectivity index (χ4v) is 5.32. The molecule has 1 saturated heterocycles. The third-order valence-electron chi connectivity index (χ3n) is 5.54. The van der Waals surface area contributed by atoms with Gasteiger partial charge in [0, 0.05) is 11.3 Å². The number of rotatable bonds is 4. The van der Waals surface area contributed by atoms with Gasteiger partial charge in [0.2, 0.25) is 5.91 Å². The van der Waals surface area contributed by atoms with Crippen LogP contribution in [0.2, 0.25) is 0 Å². The predicted molar refractivity (Wildman–Crippen MR) is 116 cm³/mol. The average Bonchev–Trinajstić information content (AvgIpc) is 2.82. The van der Waals surface area contributed by atoms with Gasteiger partial charge < -0.3 is 10.2 Å².